The van der Waals surface area contributed by atoms with Gasteiger partial charge in [0.05, 0.1) is 6.61 Å². The average molecular weight is 256 g/mol. The Morgan fingerprint density at radius 1 is 1.00 bits per heavy atom. The second kappa shape index (κ2) is 10.8. The molecule has 1 rings (SSSR count). The van der Waals surface area contributed by atoms with E-state index < -0.39 is 0 Å². The summed E-state index contributed by atoms with van der Waals surface area (Å²) in [5.41, 5.74) is 0. The summed E-state index contributed by atoms with van der Waals surface area (Å²) in [6, 6.07) is 0.902. The van der Waals surface area contributed by atoms with Crippen LogP contribution in [0.5, 0.6) is 0 Å². The molecule has 0 spiro atoms. The molecule has 0 bridgehead atoms. The fourth-order valence-electron chi connectivity index (χ4n) is 2.12. The van der Waals surface area contributed by atoms with E-state index in [4.69, 9.17) is 4.74 Å². The van der Waals surface area contributed by atoms with E-state index >= 15 is 0 Å². The van der Waals surface area contributed by atoms with Crippen LogP contribution in [-0.4, -0.2) is 50.3 Å². The maximum atomic E-state index is 5.53. The maximum Gasteiger partial charge on any atom is 0.0590 e. The summed E-state index contributed by atoms with van der Waals surface area (Å²) in [6.45, 7) is 10.9. The first-order valence-corrected chi connectivity index (χ1v) is 7.91. The lowest BCUT2D eigenvalue weighted by Gasteiger charge is -2.21. The number of hydrogen-bond donors (Lipinski definition) is 1. The molecule has 18 heavy (non-hydrogen) atoms. The predicted molar refractivity (Wildman–Crippen MR) is 78.1 cm³/mol. The first-order chi connectivity index (χ1) is 8.88. The van der Waals surface area contributed by atoms with Crippen LogP contribution >= 0.6 is 0 Å². The Morgan fingerprint density at radius 2 is 1.78 bits per heavy atom. The third-order valence-corrected chi connectivity index (χ3v) is 3.50. The Kier molecular flexibility index (Phi) is 9.54. The summed E-state index contributed by atoms with van der Waals surface area (Å²) >= 11 is 0. The first kappa shape index (κ1) is 15.9. The Balaban J connectivity index is 1.88. The lowest BCUT2D eigenvalue weighted by Crippen LogP contribution is -2.35. The lowest BCUT2D eigenvalue weighted by molar-refractivity contribution is 0.132. The summed E-state index contributed by atoms with van der Waals surface area (Å²) in [7, 11) is 0. The fraction of sp³-hybridized carbons (Fsp3) is 1.00. The van der Waals surface area contributed by atoms with E-state index in [1.165, 1.54) is 51.6 Å². The molecule has 1 saturated carbocycles. The van der Waals surface area contributed by atoms with Crippen molar-refractivity contribution in [3.63, 3.8) is 0 Å². The van der Waals surface area contributed by atoms with Crippen molar-refractivity contribution in [3.8, 4) is 0 Å². The largest absolute Gasteiger partial charge is 0.380 e. The summed E-state index contributed by atoms with van der Waals surface area (Å²) in [5, 5.41) is 3.49. The van der Waals surface area contributed by atoms with Crippen molar-refractivity contribution in [2.24, 2.45) is 0 Å². The van der Waals surface area contributed by atoms with E-state index in [0.29, 0.717) is 0 Å². The normalized spacial score (nSPS) is 15.5. The summed E-state index contributed by atoms with van der Waals surface area (Å²) < 4.78 is 5.53. The van der Waals surface area contributed by atoms with Gasteiger partial charge in [0, 0.05) is 32.3 Å². The summed E-state index contributed by atoms with van der Waals surface area (Å²) in [5.74, 6) is 0. The van der Waals surface area contributed by atoms with Gasteiger partial charge < -0.3 is 10.1 Å². The third kappa shape index (κ3) is 8.06. The minimum Gasteiger partial charge on any atom is -0.380 e. The number of ether oxygens (including phenoxy) is 1. The molecule has 0 atom stereocenters. The van der Waals surface area contributed by atoms with Crippen molar-refractivity contribution in [1.29, 1.82) is 0 Å². The molecule has 0 heterocycles. The molecule has 0 unspecified atom stereocenters. The zero-order valence-corrected chi connectivity index (χ0v) is 12.4. The molecule has 3 nitrogen and oxygen atoms in total. The molecule has 0 saturated heterocycles. The third-order valence-electron chi connectivity index (χ3n) is 3.50. The van der Waals surface area contributed by atoms with Gasteiger partial charge in [-0.15, -0.1) is 0 Å². The van der Waals surface area contributed by atoms with E-state index in [2.05, 4.69) is 24.1 Å². The van der Waals surface area contributed by atoms with E-state index in [0.717, 1.165) is 32.3 Å². The Labute approximate surface area is 113 Å². The standard InChI is InChI=1S/C15H32N2O/c1-3-5-11-17(15-7-8-15)12-9-16-10-14-18-13-6-4-2/h15-16H,3-14H2,1-2H3. The monoisotopic (exact) mass is 256 g/mol. The van der Waals surface area contributed by atoms with Crippen molar-refractivity contribution in [1.82, 2.24) is 10.2 Å². The maximum absolute atomic E-state index is 5.53. The molecule has 108 valence electrons. The van der Waals surface area contributed by atoms with E-state index in [-0.39, 0.29) is 0 Å². The van der Waals surface area contributed by atoms with Gasteiger partial charge in [0.1, 0.15) is 0 Å². The lowest BCUT2D eigenvalue weighted by atomic mass is 10.3. The quantitative estimate of drug-likeness (QED) is 0.513. The molecule has 1 aliphatic carbocycles. The van der Waals surface area contributed by atoms with Crippen LogP contribution < -0.4 is 5.32 Å². The molecular weight excluding hydrogens is 224 g/mol. The molecule has 3 heteroatoms. The molecule has 0 aromatic rings. The van der Waals surface area contributed by atoms with Crippen molar-refractivity contribution >= 4 is 0 Å². The van der Waals surface area contributed by atoms with Gasteiger partial charge in [0.25, 0.3) is 0 Å². The van der Waals surface area contributed by atoms with Gasteiger partial charge >= 0.3 is 0 Å². The molecule has 0 aliphatic heterocycles. The van der Waals surface area contributed by atoms with Gasteiger partial charge in [-0.1, -0.05) is 26.7 Å². The number of nitrogens with one attached hydrogen (secondary N) is 1. The van der Waals surface area contributed by atoms with E-state index in [9.17, 15) is 0 Å². The Morgan fingerprint density at radius 3 is 2.44 bits per heavy atom. The topological polar surface area (TPSA) is 24.5 Å². The van der Waals surface area contributed by atoms with Crippen LogP contribution in [0, 0.1) is 0 Å². The zero-order valence-electron chi connectivity index (χ0n) is 12.4. The summed E-state index contributed by atoms with van der Waals surface area (Å²) in [6.07, 6.45) is 7.90. The van der Waals surface area contributed by atoms with Crippen molar-refractivity contribution in [2.75, 3.05) is 39.4 Å². The minimum atomic E-state index is 0.860. The molecular formula is C15H32N2O. The molecule has 0 aromatic carbocycles. The van der Waals surface area contributed by atoms with Gasteiger partial charge in [-0.3, -0.25) is 4.90 Å². The second-order valence-electron chi connectivity index (χ2n) is 5.34. The van der Waals surface area contributed by atoms with Gasteiger partial charge in [-0.05, 0) is 32.2 Å². The van der Waals surface area contributed by atoms with Crippen molar-refractivity contribution < 1.29 is 4.74 Å². The summed E-state index contributed by atoms with van der Waals surface area (Å²) in [4.78, 5) is 2.66. The molecule has 0 radical (unpaired) electrons. The molecule has 1 aliphatic rings. The predicted octanol–water partition coefficient (Wildman–Crippen LogP) is 2.66. The molecule has 1 fully saturated rings. The van der Waals surface area contributed by atoms with Crippen molar-refractivity contribution in [2.45, 2.75) is 58.4 Å². The van der Waals surface area contributed by atoms with E-state index in [1.54, 1.807) is 0 Å². The molecule has 0 aromatic heterocycles. The van der Waals surface area contributed by atoms with Crippen LogP contribution in [0.4, 0.5) is 0 Å². The highest BCUT2D eigenvalue weighted by molar-refractivity contribution is 4.84. The SMILES string of the molecule is CCCCOCCNCCN(CCCC)C1CC1. The second-order valence-corrected chi connectivity index (χ2v) is 5.34. The zero-order chi connectivity index (χ0) is 13.1. The number of hydrogen-bond acceptors (Lipinski definition) is 3. The first-order valence-electron chi connectivity index (χ1n) is 7.91. The number of nitrogens with zero attached hydrogens (tertiary/aromatic N) is 1. The van der Waals surface area contributed by atoms with Crippen LogP contribution in [-0.2, 0) is 4.74 Å². The minimum absolute atomic E-state index is 0.860. The van der Waals surface area contributed by atoms with Crippen LogP contribution in [0.3, 0.4) is 0 Å². The number of rotatable bonds is 13. The van der Waals surface area contributed by atoms with Crippen LogP contribution in [0.25, 0.3) is 0 Å². The van der Waals surface area contributed by atoms with Crippen LogP contribution in [0.15, 0.2) is 0 Å². The highest BCUT2D eigenvalue weighted by Crippen LogP contribution is 2.26. The van der Waals surface area contributed by atoms with Gasteiger partial charge in [0.15, 0.2) is 0 Å². The highest BCUT2D eigenvalue weighted by Gasteiger charge is 2.27. The fourth-order valence-corrected chi connectivity index (χ4v) is 2.12. The molecule has 0 amide bonds. The van der Waals surface area contributed by atoms with E-state index in [1.807, 2.05) is 0 Å². The number of unbranched alkanes of at least 4 members (excludes halogenated alkanes) is 2. The van der Waals surface area contributed by atoms with Crippen LogP contribution in [0.1, 0.15) is 52.4 Å². The molecule has 1 N–H and O–H groups in total. The van der Waals surface area contributed by atoms with Crippen molar-refractivity contribution in [3.05, 3.63) is 0 Å². The Hall–Kier alpha value is -0.120. The highest BCUT2D eigenvalue weighted by atomic mass is 16.5. The van der Waals surface area contributed by atoms with Gasteiger partial charge in [-0.2, -0.15) is 0 Å². The smallest absolute Gasteiger partial charge is 0.0590 e. The van der Waals surface area contributed by atoms with Gasteiger partial charge in [-0.25, -0.2) is 0 Å². The average Bonchev–Trinajstić information content (AvgIpc) is 3.20. The van der Waals surface area contributed by atoms with Gasteiger partial charge in [0.2, 0.25) is 0 Å². The van der Waals surface area contributed by atoms with Crippen LogP contribution in [0.2, 0.25) is 0 Å². The Bertz CT molecular complexity index is 183.